The van der Waals surface area contributed by atoms with Gasteiger partial charge in [-0.05, 0) is 6.07 Å². The van der Waals surface area contributed by atoms with E-state index in [1.54, 1.807) is 20.4 Å². The molecule has 0 saturated heterocycles. The Balaban J connectivity index is 2.64. The lowest BCUT2D eigenvalue weighted by Gasteiger charge is -2.19. The summed E-state index contributed by atoms with van der Waals surface area (Å²) >= 11 is 0. The van der Waals surface area contributed by atoms with Gasteiger partial charge in [0, 0.05) is 25.7 Å². The Morgan fingerprint density at radius 2 is 1.79 bits per heavy atom. The molecule has 0 bridgehead atoms. The van der Waals surface area contributed by atoms with E-state index in [2.05, 4.69) is 5.16 Å². The lowest BCUT2D eigenvalue weighted by Crippen LogP contribution is -2.10. The number of nitrogens with two attached hydrogens (primary N) is 1. The predicted molar refractivity (Wildman–Crippen MR) is 73.8 cm³/mol. The Morgan fingerprint density at radius 1 is 1.11 bits per heavy atom. The summed E-state index contributed by atoms with van der Waals surface area (Å²) in [4.78, 5) is 1.95. The number of anilines is 2. The van der Waals surface area contributed by atoms with Gasteiger partial charge in [-0.25, -0.2) is 0 Å². The molecule has 0 radical (unpaired) electrons. The normalized spacial score (nSPS) is 10.3. The van der Waals surface area contributed by atoms with Crippen molar-refractivity contribution < 1.29 is 14.0 Å². The van der Waals surface area contributed by atoms with Crippen LogP contribution < -0.4 is 20.1 Å². The second-order valence-electron chi connectivity index (χ2n) is 4.22. The van der Waals surface area contributed by atoms with Gasteiger partial charge in [-0.3, -0.25) is 0 Å². The van der Waals surface area contributed by atoms with Crippen molar-refractivity contribution in [2.45, 2.75) is 0 Å². The molecule has 1 aromatic heterocycles. The highest BCUT2D eigenvalue weighted by molar-refractivity contribution is 5.81. The molecular formula is C13H17N3O3. The summed E-state index contributed by atoms with van der Waals surface area (Å²) in [5.41, 5.74) is 8.13. The van der Waals surface area contributed by atoms with E-state index in [0.717, 1.165) is 17.0 Å². The summed E-state index contributed by atoms with van der Waals surface area (Å²) in [5, 5.41) is 3.68. The molecule has 0 aliphatic heterocycles. The van der Waals surface area contributed by atoms with Crippen molar-refractivity contribution in [1.29, 1.82) is 0 Å². The molecule has 102 valence electrons. The molecule has 2 aromatic rings. The third-order valence-electron chi connectivity index (χ3n) is 2.87. The molecule has 2 rings (SSSR count). The van der Waals surface area contributed by atoms with Gasteiger partial charge in [-0.15, -0.1) is 0 Å². The minimum Gasteiger partial charge on any atom is -0.496 e. The molecule has 0 aliphatic rings. The molecule has 0 spiro atoms. The number of nitrogens with zero attached hydrogens (tertiary/aromatic N) is 2. The predicted octanol–water partition coefficient (Wildman–Crippen LogP) is 2.01. The van der Waals surface area contributed by atoms with E-state index in [0.29, 0.717) is 11.3 Å². The van der Waals surface area contributed by atoms with Crippen LogP contribution in [0.3, 0.4) is 0 Å². The van der Waals surface area contributed by atoms with Crippen molar-refractivity contribution in [3.05, 3.63) is 18.3 Å². The number of aromatic nitrogens is 1. The molecule has 6 heteroatoms. The molecular weight excluding hydrogens is 246 g/mol. The molecule has 2 N–H and O–H groups in total. The SMILES string of the molecule is COc1cc(N(C)C)c(OC)cc1-c1cnoc1N. The van der Waals surface area contributed by atoms with Crippen LogP contribution in [-0.2, 0) is 0 Å². The van der Waals surface area contributed by atoms with Crippen LogP contribution in [0, 0.1) is 0 Å². The second-order valence-corrected chi connectivity index (χ2v) is 4.22. The zero-order valence-electron chi connectivity index (χ0n) is 11.4. The van der Waals surface area contributed by atoms with Gasteiger partial charge in [0.1, 0.15) is 11.5 Å². The first kappa shape index (κ1) is 13.1. The molecule has 1 aromatic carbocycles. The Hall–Kier alpha value is -2.37. The highest BCUT2D eigenvalue weighted by Gasteiger charge is 2.17. The summed E-state index contributed by atoms with van der Waals surface area (Å²) in [7, 11) is 7.10. The van der Waals surface area contributed by atoms with Crippen LogP contribution in [-0.4, -0.2) is 33.5 Å². The van der Waals surface area contributed by atoms with Gasteiger partial charge in [-0.1, -0.05) is 5.16 Å². The third-order valence-corrected chi connectivity index (χ3v) is 2.87. The van der Waals surface area contributed by atoms with Gasteiger partial charge in [-0.2, -0.15) is 0 Å². The van der Waals surface area contributed by atoms with Crippen LogP contribution in [0.15, 0.2) is 22.9 Å². The van der Waals surface area contributed by atoms with Gasteiger partial charge in [0.2, 0.25) is 5.88 Å². The van der Waals surface area contributed by atoms with Gasteiger partial charge in [0.25, 0.3) is 0 Å². The fraction of sp³-hybridized carbons (Fsp3) is 0.308. The lowest BCUT2D eigenvalue weighted by molar-refractivity contribution is 0.405. The minimum atomic E-state index is 0.248. The number of nitrogen functional groups attached to an aromatic ring is 1. The van der Waals surface area contributed by atoms with Crippen molar-refractivity contribution in [3.8, 4) is 22.6 Å². The minimum absolute atomic E-state index is 0.248. The molecule has 0 fully saturated rings. The van der Waals surface area contributed by atoms with Crippen LogP contribution in [0.4, 0.5) is 11.6 Å². The largest absolute Gasteiger partial charge is 0.496 e. The average molecular weight is 263 g/mol. The molecule has 6 nitrogen and oxygen atoms in total. The van der Waals surface area contributed by atoms with Crippen molar-refractivity contribution in [3.63, 3.8) is 0 Å². The maximum Gasteiger partial charge on any atom is 0.230 e. The maximum atomic E-state index is 5.75. The van der Waals surface area contributed by atoms with Crippen molar-refractivity contribution in [2.75, 3.05) is 38.9 Å². The number of ether oxygens (including phenoxy) is 2. The zero-order chi connectivity index (χ0) is 14.0. The van der Waals surface area contributed by atoms with Crippen LogP contribution in [0.5, 0.6) is 11.5 Å². The number of hydrogen-bond donors (Lipinski definition) is 1. The third kappa shape index (κ3) is 2.29. The zero-order valence-corrected chi connectivity index (χ0v) is 11.4. The Bertz CT molecular complexity index is 579. The van der Waals surface area contributed by atoms with E-state index in [9.17, 15) is 0 Å². The first-order valence-corrected chi connectivity index (χ1v) is 5.72. The monoisotopic (exact) mass is 263 g/mol. The van der Waals surface area contributed by atoms with Crippen LogP contribution in [0.2, 0.25) is 0 Å². The summed E-state index contributed by atoms with van der Waals surface area (Å²) in [6.07, 6.45) is 1.56. The average Bonchev–Trinajstić information content (AvgIpc) is 2.83. The van der Waals surface area contributed by atoms with Gasteiger partial charge < -0.3 is 24.6 Å². The van der Waals surface area contributed by atoms with E-state index in [1.165, 1.54) is 0 Å². The highest BCUT2D eigenvalue weighted by atomic mass is 16.5. The standard InChI is InChI=1S/C13H17N3O3/c1-16(2)10-6-11(17-3)8(5-12(10)18-4)9-7-15-19-13(9)14/h5-7H,14H2,1-4H3. The quantitative estimate of drug-likeness (QED) is 0.909. The number of benzene rings is 1. The summed E-state index contributed by atoms with van der Waals surface area (Å²) < 4.78 is 15.7. The first-order chi connectivity index (χ1) is 9.08. The van der Waals surface area contributed by atoms with E-state index < -0.39 is 0 Å². The molecule has 19 heavy (non-hydrogen) atoms. The highest BCUT2D eigenvalue weighted by Crippen LogP contribution is 2.41. The van der Waals surface area contributed by atoms with E-state index in [1.807, 2.05) is 31.1 Å². The first-order valence-electron chi connectivity index (χ1n) is 5.72. The van der Waals surface area contributed by atoms with E-state index in [-0.39, 0.29) is 5.88 Å². The van der Waals surface area contributed by atoms with Crippen molar-refractivity contribution in [1.82, 2.24) is 5.16 Å². The van der Waals surface area contributed by atoms with Crippen molar-refractivity contribution in [2.24, 2.45) is 0 Å². The molecule has 0 aliphatic carbocycles. The van der Waals surface area contributed by atoms with E-state index in [4.69, 9.17) is 19.7 Å². The van der Waals surface area contributed by atoms with Crippen molar-refractivity contribution >= 4 is 11.6 Å². The van der Waals surface area contributed by atoms with Gasteiger partial charge in [0.15, 0.2) is 0 Å². The molecule has 0 saturated carbocycles. The Labute approximate surface area is 111 Å². The Kier molecular flexibility index (Phi) is 3.50. The van der Waals surface area contributed by atoms with E-state index >= 15 is 0 Å². The van der Waals surface area contributed by atoms with Crippen LogP contribution >= 0.6 is 0 Å². The fourth-order valence-electron chi connectivity index (χ4n) is 1.89. The molecule has 1 heterocycles. The summed E-state index contributed by atoms with van der Waals surface area (Å²) in [6.45, 7) is 0. The molecule has 0 amide bonds. The number of methoxy groups -OCH3 is 2. The molecule has 0 unspecified atom stereocenters. The van der Waals surface area contributed by atoms with Crippen LogP contribution in [0.25, 0.3) is 11.1 Å². The summed E-state index contributed by atoms with van der Waals surface area (Å²) in [6, 6.07) is 3.75. The maximum absolute atomic E-state index is 5.75. The topological polar surface area (TPSA) is 73.8 Å². The Morgan fingerprint density at radius 3 is 2.26 bits per heavy atom. The number of rotatable bonds is 4. The number of hydrogen-bond acceptors (Lipinski definition) is 6. The second kappa shape index (κ2) is 5.09. The summed E-state index contributed by atoms with van der Waals surface area (Å²) in [5.74, 6) is 1.65. The lowest BCUT2D eigenvalue weighted by atomic mass is 10.1. The van der Waals surface area contributed by atoms with Gasteiger partial charge in [0.05, 0.1) is 31.7 Å². The fourth-order valence-corrected chi connectivity index (χ4v) is 1.89. The van der Waals surface area contributed by atoms with Crippen LogP contribution in [0.1, 0.15) is 0 Å². The molecule has 0 atom stereocenters. The van der Waals surface area contributed by atoms with Gasteiger partial charge >= 0.3 is 0 Å². The smallest absolute Gasteiger partial charge is 0.230 e.